The summed E-state index contributed by atoms with van der Waals surface area (Å²) in [6.45, 7) is 0. The van der Waals surface area contributed by atoms with Crippen LogP contribution in [-0.4, -0.2) is 17.9 Å². The molecule has 0 bridgehead atoms. The van der Waals surface area contributed by atoms with Gasteiger partial charge in [0.1, 0.15) is 5.82 Å². The number of rotatable bonds is 2. The van der Waals surface area contributed by atoms with Gasteiger partial charge in [-0.25, -0.2) is 4.98 Å². The van der Waals surface area contributed by atoms with E-state index >= 15 is 0 Å². The molecule has 0 aromatic carbocycles. The molecule has 0 saturated heterocycles. The molecule has 1 rings (SSSR count). The van der Waals surface area contributed by atoms with Crippen molar-refractivity contribution in [2.75, 3.05) is 18.1 Å². The molecule has 64 valence electrons. The van der Waals surface area contributed by atoms with E-state index in [9.17, 15) is 4.79 Å². The number of nitrogen functional groups attached to an aromatic ring is 1. The van der Waals surface area contributed by atoms with Gasteiger partial charge in [-0.05, 0) is 6.07 Å². The summed E-state index contributed by atoms with van der Waals surface area (Å²) in [5.74, 6) is -0.101. The van der Waals surface area contributed by atoms with Gasteiger partial charge in [-0.1, -0.05) is 0 Å². The Bertz CT molecular complexity index is 310. The normalized spacial score (nSPS) is 9.42. The second kappa shape index (κ2) is 3.08. The van der Waals surface area contributed by atoms with Gasteiger partial charge in [0.25, 0.3) is 5.91 Å². The number of hydrogen-bond acceptors (Lipinski definition) is 4. The van der Waals surface area contributed by atoms with Crippen molar-refractivity contribution in [3.63, 3.8) is 0 Å². The first kappa shape index (κ1) is 8.32. The first-order chi connectivity index (χ1) is 5.65. The summed E-state index contributed by atoms with van der Waals surface area (Å²) in [4.78, 5) is 14.7. The number of hydrogen-bond donors (Lipinski definition) is 3. The van der Waals surface area contributed by atoms with E-state index in [-0.39, 0.29) is 0 Å². The molecule has 1 aromatic heterocycles. The van der Waals surface area contributed by atoms with Crippen LogP contribution in [0.2, 0.25) is 0 Å². The molecule has 0 unspecified atom stereocenters. The minimum absolute atomic E-state index is 0.303. The van der Waals surface area contributed by atoms with Crippen molar-refractivity contribution >= 4 is 17.4 Å². The predicted octanol–water partition coefficient (Wildman–Crippen LogP) is -0.196. The van der Waals surface area contributed by atoms with E-state index < -0.39 is 5.91 Å². The van der Waals surface area contributed by atoms with E-state index in [1.165, 1.54) is 12.3 Å². The Morgan fingerprint density at radius 3 is 2.83 bits per heavy atom. The largest absolute Gasteiger partial charge is 0.397 e. The molecule has 0 spiro atoms. The molecule has 1 amide bonds. The summed E-state index contributed by atoms with van der Waals surface area (Å²) >= 11 is 0. The lowest BCUT2D eigenvalue weighted by molar-refractivity contribution is 0.100. The summed E-state index contributed by atoms with van der Waals surface area (Å²) < 4.78 is 0. The standard InChI is InChI=1S/C7H10N4O/c1-10-7-5(6(9)12)2-4(8)3-11-7/h2-3H,8H2,1H3,(H2,9,12)(H,10,11). The quantitative estimate of drug-likeness (QED) is 0.567. The van der Waals surface area contributed by atoms with Crippen molar-refractivity contribution in [2.24, 2.45) is 5.73 Å². The van der Waals surface area contributed by atoms with Crippen LogP contribution in [0.1, 0.15) is 10.4 Å². The third kappa shape index (κ3) is 1.45. The number of nitrogens with one attached hydrogen (secondary N) is 1. The van der Waals surface area contributed by atoms with E-state index in [0.29, 0.717) is 17.1 Å². The Morgan fingerprint density at radius 2 is 2.33 bits per heavy atom. The second-order valence-corrected chi connectivity index (χ2v) is 2.28. The van der Waals surface area contributed by atoms with Crippen molar-refractivity contribution in [3.05, 3.63) is 17.8 Å². The topological polar surface area (TPSA) is 94.0 Å². The monoisotopic (exact) mass is 166 g/mol. The molecule has 1 heterocycles. The van der Waals surface area contributed by atoms with Crippen LogP contribution in [0.5, 0.6) is 0 Å². The minimum atomic E-state index is -0.542. The maximum atomic E-state index is 10.8. The average molecular weight is 166 g/mol. The molecular formula is C7H10N4O. The van der Waals surface area contributed by atoms with Gasteiger partial charge in [0.2, 0.25) is 0 Å². The second-order valence-electron chi connectivity index (χ2n) is 2.28. The molecule has 0 aliphatic carbocycles. The number of primary amides is 1. The highest BCUT2D eigenvalue weighted by molar-refractivity contribution is 5.98. The zero-order chi connectivity index (χ0) is 9.14. The van der Waals surface area contributed by atoms with E-state index in [4.69, 9.17) is 11.5 Å². The Balaban J connectivity index is 3.21. The smallest absolute Gasteiger partial charge is 0.252 e. The lowest BCUT2D eigenvalue weighted by Gasteiger charge is -2.04. The van der Waals surface area contributed by atoms with E-state index in [1.807, 2.05) is 0 Å². The number of pyridine rings is 1. The molecule has 5 heteroatoms. The Labute approximate surface area is 69.8 Å². The highest BCUT2D eigenvalue weighted by atomic mass is 16.1. The molecule has 12 heavy (non-hydrogen) atoms. The maximum Gasteiger partial charge on any atom is 0.252 e. The fourth-order valence-corrected chi connectivity index (χ4v) is 0.868. The number of carbonyl (C=O) groups excluding carboxylic acids is 1. The maximum absolute atomic E-state index is 10.8. The van der Waals surface area contributed by atoms with Gasteiger partial charge < -0.3 is 16.8 Å². The van der Waals surface area contributed by atoms with Crippen molar-refractivity contribution in [3.8, 4) is 0 Å². The number of carbonyl (C=O) groups is 1. The summed E-state index contributed by atoms with van der Waals surface area (Å²) in [7, 11) is 1.66. The molecule has 0 saturated carbocycles. The Kier molecular flexibility index (Phi) is 2.14. The lowest BCUT2D eigenvalue weighted by Crippen LogP contribution is -2.14. The van der Waals surface area contributed by atoms with Gasteiger partial charge in [-0.15, -0.1) is 0 Å². The highest BCUT2D eigenvalue weighted by Gasteiger charge is 2.07. The van der Waals surface area contributed by atoms with Gasteiger partial charge in [0, 0.05) is 7.05 Å². The summed E-state index contributed by atoms with van der Waals surface area (Å²) in [5, 5.41) is 2.74. The van der Waals surface area contributed by atoms with Crippen molar-refractivity contribution in [2.45, 2.75) is 0 Å². The Hall–Kier alpha value is -1.78. The summed E-state index contributed by atoms with van der Waals surface area (Å²) in [6, 6.07) is 1.49. The third-order valence-electron chi connectivity index (χ3n) is 1.41. The van der Waals surface area contributed by atoms with Gasteiger partial charge in [0.05, 0.1) is 17.4 Å². The molecule has 0 fully saturated rings. The molecule has 0 radical (unpaired) electrons. The summed E-state index contributed by atoms with van der Waals surface area (Å²) in [5.41, 5.74) is 11.2. The summed E-state index contributed by atoms with van der Waals surface area (Å²) in [6.07, 6.45) is 1.46. The van der Waals surface area contributed by atoms with Crippen LogP contribution in [0, 0.1) is 0 Å². The van der Waals surface area contributed by atoms with Crippen molar-refractivity contribution in [1.82, 2.24) is 4.98 Å². The Morgan fingerprint density at radius 1 is 1.67 bits per heavy atom. The minimum Gasteiger partial charge on any atom is -0.397 e. The third-order valence-corrected chi connectivity index (χ3v) is 1.41. The van der Waals surface area contributed by atoms with Crippen LogP contribution in [0.25, 0.3) is 0 Å². The zero-order valence-corrected chi connectivity index (χ0v) is 6.66. The number of nitrogens with zero attached hydrogens (tertiary/aromatic N) is 1. The SMILES string of the molecule is CNc1ncc(N)cc1C(N)=O. The molecule has 0 aliphatic heterocycles. The molecular weight excluding hydrogens is 156 g/mol. The fraction of sp³-hybridized carbons (Fsp3) is 0.143. The zero-order valence-electron chi connectivity index (χ0n) is 6.66. The van der Waals surface area contributed by atoms with Crippen LogP contribution in [-0.2, 0) is 0 Å². The van der Waals surface area contributed by atoms with E-state index in [2.05, 4.69) is 10.3 Å². The van der Waals surface area contributed by atoms with E-state index in [1.54, 1.807) is 7.05 Å². The molecule has 0 aliphatic rings. The first-order valence-corrected chi connectivity index (χ1v) is 3.38. The van der Waals surface area contributed by atoms with Crippen LogP contribution in [0.3, 0.4) is 0 Å². The number of anilines is 2. The van der Waals surface area contributed by atoms with Gasteiger partial charge in [-0.2, -0.15) is 0 Å². The average Bonchev–Trinajstić information content (AvgIpc) is 2.04. The molecule has 5 N–H and O–H groups in total. The van der Waals surface area contributed by atoms with E-state index in [0.717, 1.165) is 0 Å². The molecule has 0 atom stereocenters. The highest BCUT2D eigenvalue weighted by Crippen LogP contribution is 2.13. The van der Waals surface area contributed by atoms with Crippen molar-refractivity contribution < 1.29 is 4.79 Å². The van der Waals surface area contributed by atoms with Crippen LogP contribution in [0.15, 0.2) is 12.3 Å². The predicted molar refractivity (Wildman–Crippen MR) is 46.7 cm³/mol. The number of nitrogens with two attached hydrogens (primary N) is 2. The van der Waals surface area contributed by atoms with Crippen LogP contribution < -0.4 is 16.8 Å². The first-order valence-electron chi connectivity index (χ1n) is 3.38. The fourth-order valence-electron chi connectivity index (χ4n) is 0.868. The number of aromatic nitrogens is 1. The number of amides is 1. The van der Waals surface area contributed by atoms with Crippen LogP contribution >= 0.6 is 0 Å². The van der Waals surface area contributed by atoms with Gasteiger partial charge >= 0.3 is 0 Å². The lowest BCUT2D eigenvalue weighted by atomic mass is 10.2. The molecule has 1 aromatic rings. The van der Waals surface area contributed by atoms with Gasteiger partial charge in [-0.3, -0.25) is 4.79 Å². The molecule has 5 nitrogen and oxygen atoms in total. The van der Waals surface area contributed by atoms with Crippen molar-refractivity contribution in [1.29, 1.82) is 0 Å². The van der Waals surface area contributed by atoms with Crippen LogP contribution in [0.4, 0.5) is 11.5 Å². The van der Waals surface area contributed by atoms with Gasteiger partial charge in [0.15, 0.2) is 0 Å².